The van der Waals surface area contributed by atoms with Gasteiger partial charge in [0.15, 0.2) is 0 Å². The van der Waals surface area contributed by atoms with Crippen LogP contribution in [0.4, 0.5) is 5.69 Å². The first kappa shape index (κ1) is 10.0. The largest absolute Gasteiger partial charge is 0.380 e. The topological polar surface area (TPSA) is 45.0 Å². The molecule has 2 rings (SSSR count). The van der Waals surface area contributed by atoms with Crippen LogP contribution in [0.15, 0.2) is 24.3 Å². The Hall–Kier alpha value is -1.53. The van der Waals surface area contributed by atoms with Crippen LogP contribution in [0.1, 0.15) is 18.9 Å². The standard InChI is InChI=1S/C12H14N2O/c1-9-12(5-6-15-9)14-11-4-2-3-10(7-11)8-13/h2-4,7,9,12,14H,5-6H2,1H3/t9-,12+/m1/s1. The number of benzene rings is 1. The molecule has 0 bridgehead atoms. The highest BCUT2D eigenvalue weighted by Gasteiger charge is 2.23. The molecule has 15 heavy (non-hydrogen) atoms. The molecule has 78 valence electrons. The monoisotopic (exact) mass is 202 g/mol. The molecule has 1 heterocycles. The van der Waals surface area contributed by atoms with E-state index in [0.29, 0.717) is 11.6 Å². The number of anilines is 1. The summed E-state index contributed by atoms with van der Waals surface area (Å²) < 4.78 is 5.47. The van der Waals surface area contributed by atoms with Gasteiger partial charge in [-0.05, 0) is 31.5 Å². The van der Waals surface area contributed by atoms with Crippen molar-refractivity contribution >= 4 is 5.69 Å². The normalized spacial score (nSPS) is 24.8. The van der Waals surface area contributed by atoms with E-state index in [1.54, 1.807) is 6.07 Å². The van der Waals surface area contributed by atoms with Gasteiger partial charge < -0.3 is 10.1 Å². The van der Waals surface area contributed by atoms with Gasteiger partial charge in [-0.15, -0.1) is 0 Å². The van der Waals surface area contributed by atoms with Crippen LogP contribution in [0.3, 0.4) is 0 Å². The molecule has 0 aliphatic carbocycles. The van der Waals surface area contributed by atoms with Gasteiger partial charge in [0.1, 0.15) is 0 Å². The van der Waals surface area contributed by atoms with Gasteiger partial charge in [0.25, 0.3) is 0 Å². The molecule has 1 saturated heterocycles. The summed E-state index contributed by atoms with van der Waals surface area (Å²) in [4.78, 5) is 0. The number of hydrogen-bond donors (Lipinski definition) is 1. The molecule has 0 unspecified atom stereocenters. The smallest absolute Gasteiger partial charge is 0.0992 e. The molecule has 1 fully saturated rings. The van der Waals surface area contributed by atoms with E-state index in [0.717, 1.165) is 18.7 Å². The minimum Gasteiger partial charge on any atom is -0.380 e. The highest BCUT2D eigenvalue weighted by molar-refractivity contribution is 5.50. The van der Waals surface area contributed by atoms with Crippen molar-refractivity contribution in [3.63, 3.8) is 0 Å². The third-order valence-electron chi connectivity index (χ3n) is 2.72. The van der Waals surface area contributed by atoms with Crippen LogP contribution in [0.5, 0.6) is 0 Å². The fourth-order valence-electron chi connectivity index (χ4n) is 1.81. The summed E-state index contributed by atoms with van der Waals surface area (Å²) in [5, 5.41) is 12.2. The maximum Gasteiger partial charge on any atom is 0.0992 e. The van der Waals surface area contributed by atoms with Gasteiger partial charge in [-0.3, -0.25) is 0 Å². The zero-order chi connectivity index (χ0) is 10.7. The first-order valence-corrected chi connectivity index (χ1v) is 5.18. The molecule has 0 aromatic heterocycles. The number of nitriles is 1. The van der Waals surface area contributed by atoms with Crippen molar-refractivity contribution in [2.24, 2.45) is 0 Å². The van der Waals surface area contributed by atoms with Crippen molar-refractivity contribution in [1.82, 2.24) is 0 Å². The van der Waals surface area contributed by atoms with Gasteiger partial charge in [0, 0.05) is 12.3 Å². The fourth-order valence-corrected chi connectivity index (χ4v) is 1.81. The van der Waals surface area contributed by atoms with Crippen molar-refractivity contribution in [2.45, 2.75) is 25.5 Å². The number of hydrogen-bond acceptors (Lipinski definition) is 3. The van der Waals surface area contributed by atoms with E-state index < -0.39 is 0 Å². The van der Waals surface area contributed by atoms with Crippen LogP contribution in [-0.4, -0.2) is 18.8 Å². The molecule has 0 spiro atoms. The molecule has 2 atom stereocenters. The van der Waals surface area contributed by atoms with Crippen LogP contribution in [-0.2, 0) is 4.74 Å². The average molecular weight is 202 g/mol. The van der Waals surface area contributed by atoms with Crippen LogP contribution < -0.4 is 5.32 Å². The maximum absolute atomic E-state index is 8.77. The SMILES string of the molecule is C[C@H]1OCC[C@@H]1Nc1cccc(C#N)c1. The molecule has 3 heteroatoms. The molecule has 3 nitrogen and oxygen atoms in total. The van der Waals surface area contributed by atoms with E-state index in [2.05, 4.69) is 18.3 Å². The summed E-state index contributed by atoms with van der Waals surface area (Å²) in [7, 11) is 0. The van der Waals surface area contributed by atoms with E-state index >= 15 is 0 Å². The fraction of sp³-hybridized carbons (Fsp3) is 0.417. The molecule has 0 amide bonds. The lowest BCUT2D eigenvalue weighted by molar-refractivity contribution is 0.121. The van der Waals surface area contributed by atoms with E-state index in [1.807, 2.05) is 18.2 Å². The lowest BCUT2D eigenvalue weighted by atomic mass is 10.1. The summed E-state index contributed by atoms with van der Waals surface area (Å²) >= 11 is 0. The Bertz CT molecular complexity index is 383. The van der Waals surface area contributed by atoms with Crippen LogP contribution in [0.25, 0.3) is 0 Å². The first-order valence-electron chi connectivity index (χ1n) is 5.18. The van der Waals surface area contributed by atoms with Gasteiger partial charge in [-0.2, -0.15) is 5.26 Å². The second-order valence-electron chi connectivity index (χ2n) is 3.81. The average Bonchev–Trinajstić information content (AvgIpc) is 2.65. The molecule has 0 saturated carbocycles. The summed E-state index contributed by atoms with van der Waals surface area (Å²) in [5.74, 6) is 0. The van der Waals surface area contributed by atoms with Crippen LogP contribution >= 0.6 is 0 Å². The Balaban J connectivity index is 2.07. The molecule has 1 aromatic carbocycles. The zero-order valence-electron chi connectivity index (χ0n) is 8.73. The van der Waals surface area contributed by atoms with Crippen molar-refractivity contribution in [3.8, 4) is 6.07 Å². The molecular weight excluding hydrogens is 188 g/mol. The number of rotatable bonds is 2. The van der Waals surface area contributed by atoms with Gasteiger partial charge in [-0.25, -0.2) is 0 Å². The van der Waals surface area contributed by atoms with Crippen LogP contribution in [0, 0.1) is 11.3 Å². The van der Waals surface area contributed by atoms with Gasteiger partial charge >= 0.3 is 0 Å². The Labute approximate surface area is 89.7 Å². The van der Waals surface area contributed by atoms with Crippen molar-refractivity contribution in [1.29, 1.82) is 5.26 Å². The van der Waals surface area contributed by atoms with Crippen molar-refractivity contribution < 1.29 is 4.74 Å². The molecular formula is C12H14N2O. The predicted octanol–water partition coefficient (Wildman–Crippen LogP) is 2.15. The lowest BCUT2D eigenvalue weighted by Crippen LogP contribution is -2.26. The predicted molar refractivity (Wildman–Crippen MR) is 58.6 cm³/mol. The Kier molecular flexibility index (Phi) is 2.89. The third-order valence-corrected chi connectivity index (χ3v) is 2.72. The van der Waals surface area contributed by atoms with E-state index in [1.165, 1.54) is 0 Å². The van der Waals surface area contributed by atoms with Gasteiger partial charge in [0.05, 0.1) is 23.8 Å². The molecule has 1 N–H and O–H groups in total. The molecule has 1 aliphatic rings. The minimum atomic E-state index is 0.246. The second kappa shape index (κ2) is 4.33. The highest BCUT2D eigenvalue weighted by atomic mass is 16.5. The zero-order valence-corrected chi connectivity index (χ0v) is 8.73. The number of nitrogens with zero attached hydrogens (tertiary/aromatic N) is 1. The molecule has 0 radical (unpaired) electrons. The quantitative estimate of drug-likeness (QED) is 0.799. The number of ether oxygens (including phenoxy) is 1. The van der Waals surface area contributed by atoms with Gasteiger partial charge in [-0.1, -0.05) is 6.07 Å². The van der Waals surface area contributed by atoms with Crippen molar-refractivity contribution in [2.75, 3.05) is 11.9 Å². The highest BCUT2D eigenvalue weighted by Crippen LogP contribution is 2.19. The summed E-state index contributed by atoms with van der Waals surface area (Å²) in [6.45, 7) is 2.88. The van der Waals surface area contributed by atoms with E-state index in [-0.39, 0.29) is 6.10 Å². The molecule has 1 aliphatic heterocycles. The lowest BCUT2D eigenvalue weighted by Gasteiger charge is -2.17. The maximum atomic E-state index is 8.77. The Morgan fingerprint density at radius 3 is 3.07 bits per heavy atom. The Morgan fingerprint density at radius 2 is 2.40 bits per heavy atom. The summed E-state index contributed by atoms with van der Waals surface area (Å²) in [6.07, 6.45) is 1.27. The Morgan fingerprint density at radius 1 is 1.53 bits per heavy atom. The van der Waals surface area contributed by atoms with Crippen molar-refractivity contribution in [3.05, 3.63) is 29.8 Å². The minimum absolute atomic E-state index is 0.246. The number of nitrogens with one attached hydrogen (secondary N) is 1. The van der Waals surface area contributed by atoms with Crippen LogP contribution in [0.2, 0.25) is 0 Å². The summed E-state index contributed by atoms with van der Waals surface area (Å²) in [5.41, 5.74) is 1.68. The third kappa shape index (κ3) is 2.28. The van der Waals surface area contributed by atoms with E-state index in [4.69, 9.17) is 10.00 Å². The van der Waals surface area contributed by atoms with Gasteiger partial charge in [0.2, 0.25) is 0 Å². The second-order valence-corrected chi connectivity index (χ2v) is 3.81. The van der Waals surface area contributed by atoms with E-state index in [9.17, 15) is 0 Å². The summed E-state index contributed by atoms with van der Waals surface area (Å²) in [6, 6.07) is 10.0. The first-order chi connectivity index (χ1) is 7.29. The molecule has 1 aromatic rings.